The van der Waals surface area contributed by atoms with Gasteiger partial charge in [0.05, 0.1) is 17.4 Å². The Kier molecular flexibility index (Phi) is 6.27. The summed E-state index contributed by atoms with van der Waals surface area (Å²) < 4.78 is 39.0. The summed E-state index contributed by atoms with van der Waals surface area (Å²) in [4.78, 5) is 38.6. The van der Waals surface area contributed by atoms with Crippen molar-refractivity contribution in [3.8, 4) is 5.82 Å². The Balaban J connectivity index is 1.45. The number of rotatable bonds is 4. The Morgan fingerprint density at radius 2 is 1.79 bits per heavy atom. The van der Waals surface area contributed by atoms with Crippen LogP contribution in [-0.4, -0.2) is 43.7 Å². The molecule has 4 heterocycles. The number of piperidine rings is 1. The van der Waals surface area contributed by atoms with Gasteiger partial charge in [-0.25, -0.2) is 15.0 Å². The van der Waals surface area contributed by atoms with Crippen molar-refractivity contribution in [3.63, 3.8) is 0 Å². The summed E-state index contributed by atoms with van der Waals surface area (Å²) >= 11 is 6.27. The van der Waals surface area contributed by atoms with Crippen LogP contribution in [0.2, 0.25) is 5.02 Å². The average molecular weight is 480 g/mol. The summed E-state index contributed by atoms with van der Waals surface area (Å²) in [5.74, 6) is -0.292. The van der Waals surface area contributed by atoms with Crippen molar-refractivity contribution in [1.82, 2.24) is 24.7 Å². The highest BCUT2D eigenvalue weighted by Crippen LogP contribution is 2.29. The van der Waals surface area contributed by atoms with Crippen molar-refractivity contribution >= 4 is 29.1 Å². The molecule has 0 aliphatic carbocycles. The number of pyridine rings is 1. The van der Waals surface area contributed by atoms with E-state index in [0.717, 1.165) is 16.8 Å². The van der Waals surface area contributed by atoms with E-state index in [4.69, 9.17) is 11.6 Å². The maximum atomic E-state index is 12.7. The van der Waals surface area contributed by atoms with Gasteiger partial charge in [0.2, 0.25) is 11.9 Å². The zero-order chi connectivity index (χ0) is 23.6. The number of anilines is 2. The quantitative estimate of drug-likeness (QED) is 0.613. The molecule has 0 spiro atoms. The van der Waals surface area contributed by atoms with Crippen LogP contribution in [0.5, 0.6) is 0 Å². The number of alkyl halides is 3. The summed E-state index contributed by atoms with van der Waals surface area (Å²) in [5, 5.41) is 6.57. The fourth-order valence-corrected chi connectivity index (χ4v) is 3.69. The Morgan fingerprint density at radius 1 is 1.09 bits per heavy atom. The maximum Gasteiger partial charge on any atom is 0.417 e. The van der Waals surface area contributed by atoms with Gasteiger partial charge in [-0.2, -0.15) is 23.0 Å². The molecule has 0 radical (unpaired) electrons. The Bertz CT molecular complexity index is 1200. The molecule has 1 amide bonds. The smallest absolute Gasteiger partial charge is 0.369 e. The summed E-state index contributed by atoms with van der Waals surface area (Å²) in [6.07, 6.45) is 1.54. The van der Waals surface area contributed by atoms with Gasteiger partial charge in [0.15, 0.2) is 5.82 Å². The van der Waals surface area contributed by atoms with Gasteiger partial charge in [0.25, 0.3) is 5.56 Å². The van der Waals surface area contributed by atoms with E-state index in [1.165, 1.54) is 18.6 Å². The third-order valence-electron chi connectivity index (χ3n) is 5.20. The number of hydrogen-bond donors (Lipinski definition) is 1. The van der Waals surface area contributed by atoms with Gasteiger partial charge in [-0.05, 0) is 31.0 Å². The van der Waals surface area contributed by atoms with Crippen molar-refractivity contribution in [3.05, 3.63) is 63.9 Å². The highest BCUT2D eigenvalue weighted by Gasteiger charge is 2.31. The Hall–Kier alpha value is -3.54. The first-order chi connectivity index (χ1) is 15.7. The molecule has 1 saturated heterocycles. The predicted molar refractivity (Wildman–Crippen MR) is 113 cm³/mol. The minimum absolute atomic E-state index is 0.0834. The lowest BCUT2D eigenvalue weighted by Crippen LogP contribution is -2.39. The lowest BCUT2D eigenvalue weighted by Gasteiger charge is -2.33. The van der Waals surface area contributed by atoms with Crippen LogP contribution >= 0.6 is 11.6 Å². The molecule has 1 aliphatic heterocycles. The van der Waals surface area contributed by atoms with Gasteiger partial charge in [0, 0.05) is 37.6 Å². The molecule has 1 fully saturated rings. The van der Waals surface area contributed by atoms with Gasteiger partial charge < -0.3 is 4.90 Å². The van der Waals surface area contributed by atoms with E-state index >= 15 is 0 Å². The van der Waals surface area contributed by atoms with Gasteiger partial charge in [-0.15, -0.1) is 0 Å². The predicted octanol–water partition coefficient (Wildman–Crippen LogP) is 2.94. The van der Waals surface area contributed by atoms with Gasteiger partial charge in [-0.1, -0.05) is 11.6 Å². The molecule has 3 aromatic rings. The lowest BCUT2D eigenvalue weighted by molar-refractivity contribution is -0.137. The van der Waals surface area contributed by atoms with Gasteiger partial charge in [-0.3, -0.25) is 14.9 Å². The van der Waals surface area contributed by atoms with Crippen LogP contribution in [0.1, 0.15) is 18.4 Å². The van der Waals surface area contributed by atoms with Crippen molar-refractivity contribution < 1.29 is 18.0 Å². The first-order valence-electron chi connectivity index (χ1n) is 9.88. The van der Waals surface area contributed by atoms with E-state index in [9.17, 15) is 22.8 Å². The first kappa shape index (κ1) is 22.6. The van der Waals surface area contributed by atoms with Crippen LogP contribution in [0.25, 0.3) is 5.82 Å². The van der Waals surface area contributed by atoms with Crippen molar-refractivity contribution in [1.29, 1.82) is 0 Å². The summed E-state index contributed by atoms with van der Waals surface area (Å²) in [7, 11) is 0. The molecule has 33 heavy (non-hydrogen) atoms. The number of aromatic nitrogens is 5. The number of carbonyl (C=O) groups excluding carboxylic acids is 1. The molecule has 0 saturated carbocycles. The third kappa shape index (κ3) is 4.95. The Morgan fingerprint density at radius 3 is 2.39 bits per heavy atom. The third-order valence-corrected chi connectivity index (χ3v) is 5.56. The second-order valence-electron chi connectivity index (χ2n) is 7.29. The van der Waals surface area contributed by atoms with E-state index < -0.39 is 17.3 Å². The number of amides is 1. The number of nitrogens with one attached hydrogen (secondary N) is 1. The van der Waals surface area contributed by atoms with E-state index in [2.05, 4.69) is 25.4 Å². The number of carbonyl (C=O) groups is 1. The van der Waals surface area contributed by atoms with E-state index in [1.54, 1.807) is 6.07 Å². The maximum absolute atomic E-state index is 12.7. The lowest BCUT2D eigenvalue weighted by atomic mass is 9.95. The van der Waals surface area contributed by atoms with Crippen LogP contribution in [0.4, 0.5) is 24.8 Å². The molecule has 0 aromatic carbocycles. The van der Waals surface area contributed by atoms with Crippen molar-refractivity contribution in [2.75, 3.05) is 23.3 Å². The fraction of sp³-hybridized carbons (Fsp3) is 0.300. The number of hydrogen-bond acceptors (Lipinski definition) is 7. The fourth-order valence-electron chi connectivity index (χ4n) is 3.45. The largest absolute Gasteiger partial charge is 0.417 e. The molecule has 1 N–H and O–H groups in total. The Labute approximate surface area is 190 Å². The second kappa shape index (κ2) is 9.14. The van der Waals surface area contributed by atoms with Crippen molar-refractivity contribution in [2.24, 2.45) is 5.92 Å². The van der Waals surface area contributed by atoms with Crippen LogP contribution in [0.15, 0.2) is 47.8 Å². The minimum atomic E-state index is -4.54. The van der Waals surface area contributed by atoms with Crippen molar-refractivity contribution in [2.45, 2.75) is 19.0 Å². The average Bonchev–Trinajstić information content (AvgIpc) is 2.81. The molecule has 0 bridgehead atoms. The topological polar surface area (TPSA) is 106 Å². The van der Waals surface area contributed by atoms with Gasteiger partial charge in [0.1, 0.15) is 5.02 Å². The molecular formula is C20H17ClF3N7O2. The molecule has 0 atom stereocenters. The summed E-state index contributed by atoms with van der Waals surface area (Å²) in [6.45, 7) is 0.911. The first-order valence-corrected chi connectivity index (χ1v) is 10.3. The molecule has 9 nitrogen and oxygen atoms in total. The van der Waals surface area contributed by atoms with Crippen LogP contribution in [0, 0.1) is 5.92 Å². The molecule has 4 rings (SSSR count). The van der Waals surface area contributed by atoms with Gasteiger partial charge >= 0.3 is 6.18 Å². The van der Waals surface area contributed by atoms with Crippen LogP contribution in [-0.2, 0) is 11.0 Å². The summed E-state index contributed by atoms with van der Waals surface area (Å²) in [5.41, 5.74) is -1.26. The summed E-state index contributed by atoms with van der Waals surface area (Å²) in [6, 6.07) is 3.51. The molecule has 3 aromatic heterocycles. The molecular weight excluding hydrogens is 463 g/mol. The normalized spacial score (nSPS) is 14.8. The highest BCUT2D eigenvalue weighted by molar-refractivity contribution is 6.33. The number of nitrogens with zero attached hydrogens (tertiary/aromatic N) is 6. The van der Waals surface area contributed by atoms with E-state index in [-0.39, 0.29) is 28.6 Å². The zero-order valence-corrected chi connectivity index (χ0v) is 17.7. The zero-order valence-electron chi connectivity index (χ0n) is 17.0. The molecule has 172 valence electrons. The number of halogens is 4. The molecule has 13 heteroatoms. The van der Waals surface area contributed by atoms with E-state index in [0.29, 0.717) is 37.8 Å². The second-order valence-corrected chi connectivity index (χ2v) is 7.66. The molecule has 1 aliphatic rings. The van der Waals surface area contributed by atoms with E-state index in [1.807, 2.05) is 4.90 Å². The molecule has 0 unspecified atom stereocenters. The van der Waals surface area contributed by atoms with Crippen LogP contribution in [0.3, 0.4) is 0 Å². The SMILES string of the molecule is O=C(Nc1ncccn1)C1CCN(c2cnn(-c3ccc(C(F)(F)F)cn3)c(=O)c2Cl)CC1. The standard InChI is InChI=1S/C20H17ClF3N7O2/c21-16-14(11-28-31(18(16)33)15-3-2-13(10-27-15)20(22,23)24)30-8-4-12(5-9-30)17(32)29-19-25-6-1-7-26-19/h1-3,6-7,10-12H,4-5,8-9H2,(H,25,26,29,32). The highest BCUT2D eigenvalue weighted by atomic mass is 35.5. The minimum Gasteiger partial charge on any atom is -0.369 e. The van der Waals surface area contributed by atoms with Crippen LogP contribution < -0.4 is 15.8 Å². The monoisotopic (exact) mass is 479 g/mol.